The van der Waals surface area contributed by atoms with E-state index in [2.05, 4.69) is 0 Å². The molecule has 2 aliphatic heterocycles. The zero-order valence-corrected chi connectivity index (χ0v) is 11.6. The van der Waals surface area contributed by atoms with Gasteiger partial charge in [0, 0.05) is 10.9 Å². The number of hydrogen-bond donors (Lipinski definition) is 0. The summed E-state index contributed by atoms with van der Waals surface area (Å²) in [5.41, 5.74) is 1.15. The van der Waals surface area contributed by atoms with Crippen LogP contribution in [0, 0.1) is 5.92 Å². The van der Waals surface area contributed by atoms with Gasteiger partial charge < -0.3 is 9.47 Å². The average molecular weight is 281 g/mol. The van der Waals surface area contributed by atoms with Crippen LogP contribution in [0.4, 0.5) is 0 Å². The van der Waals surface area contributed by atoms with Crippen LogP contribution in [-0.2, 0) is 14.3 Å². The van der Waals surface area contributed by atoms with E-state index in [0.717, 1.165) is 24.8 Å². The molecule has 0 amide bonds. The van der Waals surface area contributed by atoms with E-state index in [1.54, 1.807) is 0 Å². The topological polar surface area (TPSA) is 35.5 Å². The third-order valence-corrected chi connectivity index (χ3v) is 4.51. The normalized spacial score (nSPS) is 33.2. The number of halogens is 1. The number of carbonyl (C=O) groups is 1. The molecule has 3 nitrogen and oxygen atoms in total. The molecule has 0 radical (unpaired) electrons. The van der Waals surface area contributed by atoms with Crippen LogP contribution in [0.2, 0.25) is 5.02 Å². The molecule has 19 heavy (non-hydrogen) atoms. The van der Waals surface area contributed by atoms with Gasteiger partial charge in [0.2, 0.25) is 0 Å². The van der Waals surface area contributed by atoms with Gasteiger partial charge in [-0.1, -0.05) is 23.7 Å². The maximum absolute atomic E-state index is 12.1. The Labute approximate surface area is 117 Å². The van der Waals surface area contributed by atoms with Crippen LogP contribution in [0.15, 0.2) is 24.3 Å². The third-order valence-electron chi connectivity index (χ3n) is 4.26. The minimum absolute atomic E-state index is 0.00637. The van der Waals surface area contributed by atoms with Crippen molar-refractivity contribution in [2.45, 2.75) is 37.4 Å². The van der Waals surface area contributed by atoms with Crippen molar-refractivity contribution in [1.29, 1.82) is 0 Å². The number of hydrogen-bond acceptors (Lipinski definition) is 3. The summed E-state index contributed by atoms with van der Waals surface area (Å²) in [6.45, 7) is 0. The zero-order chi connectivity index (χ0) is 13.4. The molecule has 0 N–H and O–H groups in total. The number of ether oxygens (including phenoxy) is 2. The Morgan fingerprint density at radius 2 is 2.05 bits per heavy atom. The molecule has 3 rings (SSSR count). The summed E-state index contributed by atoms with van der Waals surface area (Å²) < 4.78 is 10.9. The highest BCUT2D eigenvalue weighted by Gasteiger charge is 2.47. The molecule has 102 valence electrons. The van der Waals surface area contributed by atoms with Gasteiger partial charge in [-0.25, -0.2) is 0 Å². The van der Waals surface area contributed by atoms with Gasteiger partial charge in [-0.2, -0.15) is 0 Å². The molecule has 0 aromatic heterocycles. The molecule has 0 aliphatic carbocycles. The summed E-state index contributed by atoms with van der Waals surface area (Å²) in [5.74, 6) is -0.175. The fraction of sp³-hybridized carbons (Fsp3) is 0.533. The van der Waals surface area contributed by atoms with Gasteiger partial charge in [-0.05, 0) is 37.0 Å². The van der Waals surface area contributed by atoms with Crippen molar-refractivity contribution in [3.63, 3.8) is 0 Å². The summed E-state index contributed by atoms with van der Waals surface area (Å²) in [5, 5.41) is 0.716. The first-order valence-corrected chi connectivity index (χ1v) is 7.05. The van der Waals surface area contributed by atoms with Gasteiger partial charge in [0.25, 0.3) is 0 Å². The van der Waals surface area contributed by atoms with Crippen LogP contribution in [0.1, 0.15) is 30.7 Å². The summed E-state index contributed by atoms with van der Waals surface area (Å²) in [6, 6.07) is 7.77. The van der Waals surface area contributed by atoms with E-state index < -0.39 is 0 Å². The molecule has 2 fully saturated rings. The van der Waals surface area contributed by atoms with Crippen molar-refractivity contribution in [2.24, 2.45) is 5.92 Å². The Hall–Kier alpha value is -1.06. The third kappa shape index (κ3) is 2.37. The smallest absolute Gasteiger partial charge is 0.311 e. The predicted octanol–water partition coefficient (Wildman–Crippen LogP) is 3.16. The fourth-order valence-electron chi connectivity index (χ4n) is 3.37. The van der Waals surface area contributed by atoms with E-state index in [-0.39, 0.29) is 30.0 Å². The van der Waals surface area contributed by atoms with E-state index in [1.807, 2.05) is 24.3 Å². The second-order valence-electron chi connectivity index (χ2n) is 5.32. The molecule has 2 saturated heterocycles. The second-order valence-corrected chi connectivity index (χ2v) is 5.75. The van der Waals surface area contributed by atoms with E-state index in [4.69, 9.17) is 21.1 Å². The van der Waals surface area contributed by atoms with Crippen LogP contribution in [-0.4, -0.2) is 25.3 Å². The number of esters is 1. The van der Waals surface area contributed by atoms with Crippen molar-refractivity contribution >= 4 is 17.6 Å². The lowest BCUT2D eigenvalue weighted by molar-refractivity contribution is -0.156. The molecule has 1 aromatic rings. The molecule has 1 aromatic carbocycles. The van der Waals surface area contributed by atoms with Gasteiger partial charge in [0.15, 0.2) is 0 Å². The Morgan fingerprint density at radius 3 is 2.74 bits per heavy atom. The molecular weight excluding hydrogens is 264 g/mol. The number of benzene rings is 1. The summed E-state index contributed by atoms with van der Waals surface area (Å²) >= 11 is 5.93. The number of rotatable bonds is 2. The zero-order valence-electron chi connectivity index (χ0n) is 10.8. The molecule has 0 spiro atoms. The van der Waals surface area contributed by atoms with Crippen molar-refractivity contribution in [1.82, 2.24) is 0 Å². The van der Waals surface area contributed by atoms with E-state index in [1.165, 1.54) is 7.11 Å². The van der Waals surface area contributed by atoms with Crippen molar-refractivity contribution in [2.75, 3.05) is 7.11 Å². The van der Waals surface area contributed by atoms with Crippen molar-refractivity contribution in [3.05, 3.63) is 34.9 Å². The van der Waals surface area contributed by atoms with Crippen molar-refractivity contribution < 1.29 is 14.3 Å². The quantitative estimate of drug-likeness (QED) is 0.781. The highest BCUT2D eigenvalue weighted by atomic mass is 35.5. The van der Waals surface area contributed by atoms with Crippen LogP contribution in [0.3, 0.4) is 0 Å². The molecule has 2 heterocycles. The first-order chi connectivity index (χ1) is 9.19. The number of carbonyl (C=O) groups excluding carboxylic acids is 1. The number of fused-ring (bicyclic) bond motifs is 2. The number of methoxy groups -OCH3 is 1. The van der Waals surface area contributed by atoms with Gasteiger partial charge in [0.1, 0.15) is 0 Å². The van der Waals surface area contributed by atoms with Crippen LogP contribution < -0.4 is 0 Å². The predicted molar refractivity (Wildman–Crippen MR) is 72.2 cm³/mol. The lowest BCUT2D eigenvalue weighted by atomic mass is 9.79. The lowest BCUT2D eigenvalue weighted by Gasteiger charge is -2.35. The molecule has 4 atom stereocenters. The van der Waals surface area contributed by atoms with Crippen LogP contribution >= 0.6 is 11.6 Å². The Kier molecular flexibility index (Phi) is 3.50. The molecule has 1 unspecified atom stereocenters. The highest BCUT2D eigenvalue weighted by Crippen LogP contribution is 2.45. The Balaban J connectivity index is 1.92. The maximum atomic E-state index is 12.1. The van der Waals surface area contributed by atoms with E-state index >= 15 is 0 Å². The summed E-state index contributed by atoms with van der Waals surface area (Å²) in [6.07, 6.45) is 3.17. The molecule has 2 bridgehead atoms. The molecule has 4 heteroatoms. The van der Waals surface area contributed by atoms with Crippen LogP contribution in [0.25, 0.3) is 0 Å². The first-order valence-electron chi connectivity index (χ1n) is 6.68. The van der Waals surface area contributed by atoms with Gasteiger partial charge in [-0.3, -0.25) is 4.79 Å². The average Bonchev–Trinajstić information content (AvgIpc) is 2.80. The minimum Gasteiger partial charge on any atom is -0.469 e. The molecule has 2 aliphatic rings. The fourth-order valence-corrected chi connectivity index (χ4v) is 3.49. The maximum Gasteiger partial charge on any atom is 0.311 e. The highest BCUT2D eigenvalue weighted by molar-refractivity contribution is 6.30. The standard InChI is InChI=1S/C15H17ClO3/c1-18-15(17)14-12(8-11-6-7-13(14)19-11)9-2-4-10(16)5-3-9/h2-5,11-14H,6-8H2,1H3/t11?,12-,13+,14-/m1/s1. The van der Waals surface area contributed by atoms with Crippen molar-refractivity contribution in [3.8, 4) is 0 Å². The van der Waals surface area contributed by atoms with E-state index in [0.29, 0.717) is 5.02 Å². The van der Waals surface area contributed by atoms with E-state index in [9.17, 15) is 4.79 Å². The van der Waals surface area contributed by atoms with Gasteiger partial charge >= 0.3 is 5.97 Å². The van der Waals surface area contributed by atoms with Crippen LogP contribution in [0.5, 0.6) is 0 Å². The monoisotopic (exact) mass is 280 g/mol. The van der Waals surface area contributed by atoms with Gasteiger partial charge in [-0.15, -0.1) is 0 Å². The largest absolute Gasteiger partial charge is 0.469 e. The summed E-state index contributed by atoms with van der Waals surface area (Å²) in [4.78, 5) is 12.1. The second kappa shape index (κ2) is 5.14. The first kappa shape index (κ1) is 12.9. The SMILES string of the molecule is COC(=O)[C@H]1[C@@H]2CCC(C[C@@H]1c1ccc(Cl)cc1)O2. The van der Waals surface area contributed by atoms with Gasteiger partial charge in [0.05, 0.1) is 25.2 Å². The lowest BCUT2D eigenvalue weighted by Crippen LogP contribution is -2.39. The summed E-state index contributed by atoms with van der Waals surface area (Å²) in [7, 11) is 1.45. The molecular formula is C15H17ClO3. The Bertz CT molecular complexity index is 471. The molecule has 0 saturated carbocycles. The minimum atomic E-state index is -0.190. The Morgan fingerprint density at radius 1 is 1.32 bits per heavy atom.